The fourth-order valence-electron chi connectivity index (χ4n) is 3.39. The van der Waals surface area contributed by atoms with Gasteiger partial charge in [0.25, 0.3) is 0 Å². The Morgan fingerprint density at radius 2 is 2.00 bits per heavy atom. The Kier molecular flexibility index (Phi) is 5.14. The van der Waals surface area contributed by atoms with Gasteiger partial charge in [-0.3, -0.25) is 9.59 Å². The van der Waals surface area contributed by atoms with Gasteiger partial charge >= 0.3 is 5.97 Å². The summed E-state index contributed by atoms with van der Waals surface area (Å²) in [5, 5.41) is 8.75. The van der Waals surface area contributed by atoms with Crippen LogP contribution in [0.5, 0.6) is 0 Å². The van der Waals surface area contributed by atoms with E-state index in [1.807, 2.05) is 0 Å². The van der Waals surface area contributed by atoms with Crippen LogP contribution in [0, 0.1) is 11.3 Å². The zero-order valence-corrected chi connectivity index (χ0v) is 13.9. The molecule has 1 amide bonds. The van der Waals surface area contributed by atoms with Crippen molar-refractivity contribution in [3.05, 3.63) is 0 Å². The topological polar surface area (TPSA) is 91.8 Å². The highest BCUT2D eigenvalue weighted by atomic mass is 32.2. The molecule has 2 fully saturated rings. The first-order valence-corrected chi connectivity index (χ1v) is 9.92. The van der Waals surface area contributed by atoms with E-state index in [0.717, 1.165) is 25.7 Å². The van der Waals surface area contributed by atoms with Gasteiger partial charge in [0.05, 0.1) is 5.75 Å². The largest absolute Gasteiger partial charge is 0.481 e. The molecule has 0 spiro atoms. The van der Waals surface area contributed by atoms with Crippen molar-refractivity contribution in [1.29, 1.82) is 0 Å². The van der Waals surface area contributed by atoms with E-state index in [4.69, 9.17) is 5.11 Å². The SMILES string of the molecule is CS(=O)(=O)CC1(CC(=O)N2CCCC(CCC(=O)O)C2)CC1. The number of likely N-dealkylation sites (tertiary alicyclic amines) is 1. The van der Waals surface area contributed by atoms with Crippen LogP contribution in [-0.2, 0) is 19.4 Å². The van der Waals surface area contributed by atoms with E-state index in [2.05, 4.69) is 0 Å². The molecule has 0 aromatic carbocycles. The highest BCUT2D eigenvalue weighted by Crippen LogP contribution is 2.50. The summed E-state index contributed by atoms with van der Waals surface area (Å²) < 4.78 is 22.9. The average molecular weight is 331 g/mol. The summed E-state index contributed by atoms with van der Waals surface area (Å²) in [4.78, 5) is 24.9. The van der Waals surface area contributed by atoms with E-state index in [0.29, 0.717) is 25.9 Å². The van der Waals surface area contributed by atoms with E-state index in [1.54, 1.807) is 4.90 Å². The number of carboxylic acid groups (broad SMARTS) is 1. The Balaban J connectivity index is 1.86. The summed E-state index contributed by atoms with van der Waals surface area (Å²) in [6.07, 6.45) is 5.76. The molecule has 6 nitrogen and oxygen atoms in total. The molecule has 1 aliphatic carbocycles. The summed E-state index contributed by atoms with van der Waals surface area (Å²) in [5.74, 6) is -0.421. The van der Waals surface area contributed by atoms with Crippen LogP contribution < -0.4 is 0 Å². The summed E-state index contributed by atoms with van der Waals surface area (Å²) in [5.41, 5.74) is -0.335. The number of sulfone groups is 1. The van der Waals surface area contributed by atoms with Crippen molar-refractivity contribution in [2.45, 2.75) is 44.9 Å². The molecule has 0 bridgehead atoms. The Morgan fingerprint density at radius 1 is 1.32 bits per heavy atom. The minimum absolute atomic E-state index is 0.0289. The maximum atomic E-state index is 12.4. The van der Waals surface area contributed by atoms with Crippen LogP contribution in [0.15, 0.2) is 0 Å². The second-order valence-electron chi connectivity index (χ2n) is 7.03. The van der Waals surface area contributed by atoms with Crippen molar-refractivity contribution in [3.8, 4) is 0 Å². The van der Waals surface area contributed by atoms with E-state index in [-0.39, 0.29) is 29.4 Å². The first-order valence-electron chi connectivity index (χ1n) is 7.86. The molecule has 1 heterocycles. The van der Waals surface area contributed by atoms with Crippen LogP contribution in [-0.4, -0.2) is 55.4 Å². The van der Waals surface area contributed by atoms with Crippen LogP contribution in [0.4, 0.5) is 0 Å². The minimum atomic E-state index is -3.06. The second kappa shape index (κ2) is 6.56. The molecule has 1 atom stereocenters. The van der Waals surface area contributed by atoms with E-state index >= 15 is 0 Å². The van der Waals surface area contributed by atoms with Crippen LogP contribution in [0.2, 0.25) is 0 Å². The summed E-state index contributed by atoms with van der Waals surface area (Å²) in [7, 11) is -3.06. The number of aliphatic carboxylic acids is 1. The van der Waals surface area contributed by atoms with Crippen molar-refractivity contribution in [2.24, 2.45) is 11.3 Å². The molecule has 7 heteroatoms. The molecule has 22 heavy (non-hydrogen) atoms. The molecule has 0 radical (unpaired) electrons. The molecule has 0 aromatic rings. The maximum Gasteiger partial charge on any atom is 0.303 e. The lowest BCUT2D eigenvalue weighted by Crippen LogP contribution is -2.41. The monoisotopic (exact) mass is 331 g/mol. The molecule has 1 saturated carbocycles. The fourth-order valence-corrected chi connectivity index (χ4v) is 4.90. The number of piperidine rings is 1. The maximum absolute atomic E-state index is 12.4. The van der Waals surface area contributed by atoms with Gasteiger partial charge in [0.1, 0.15) is 9.84 Å². The molecule has 1 N–H and O–H groups in total. The molecule has 126 valence electrons. The van der Waals surface area contributed by atoms with Crippen molar-refractivity contribution >= 4 is 21.7 Å². The predicted octanol–water partition coefficient (Wildman–Crippen LogP) is 1.30. The van der Waals surface area contributed by atoms with Crippen LogP contribution >= 0.6 is 0 Å². The van der Waals surface area contributed by atoms with Crippen molar-refractivity contribution < 1.29 is 23.1 Å². The number of hydrogen-bond donors (Lipinski definition) is 1. The van der Waals surface area contributed by atoms with Crippen molar-refractivity contribution in [2.75, 3.05) is 25.1 Å². The molecular formula is C15H25NO5S. The Morgan fingerprint density at radius 3 is 2.55 bits per heavy atom. The van der Waals surface area contributed by atoms with Crippen LogP contribution in [0.3, 0.4) is 0 Å². The smallest absolute Gasteiger partial charge is 0.303 e. The average Bonchev–Trinajstić information content (AvgIpc) is 3.13. The van der Waals surface area contributed by atoms with Gasteiger partial charge in [-0.2, -0.15) is 0 Å². The zero-order chi connectivity index (χ0) is 16.4. The predicted molar refractivity (Wildman–Crippen MR) is 82.2 cm³/mol. The molecule has 1 unspecified atom stereocenters. The standard InChI is InChI=1S/C15H25NO5S/c1-22(20,21)11-15(6-7-15)9-13(17)16-8-2-3-12(10-16)4-5-14(18)19/h12H,2-11H2,1H3,(H,18,19). The number of hydrogen-bond acceptors (Lipinski definition) is 4. The van der Waals surface area contributed by atoms with E-state index in [1.165, 1.54) is 6.26 Å². The number of rotatable bonds is 7. The van der Waals surface area contributed by atoms with Crippen molar-refractivity contribution in [3.63, 3.8) is 0 Å². The van der Waals surface area contributed by atoms with Crippen LogP contribution in [0.1, 0.15) is 44.9 Å². The lowest BCUT2D eigenvalue weighted by Gasteiger charge is -2.33. The van der Waals surface area contributed by atoms with Crippen molar-refractivity contribution in [1.82, 2.24) is 4.90 Å². The quantitative estimate of drug-likeness (QED) is 0.759. The Hall–Kier alpha value is -1.11. The zero-order valence-electron chi connectivity index (χ0n) is 13.1. The molecule has 1 aliphatic heterocycles. The van der Waals surface area contributed by atoms with Crippen LogP contribution in [0.25, 0.3) is 0 Å². The third-order valence-electron chi connectivity index (χ3n) is 4.69. The van der Waals surface area contributed by atoms with Gasteiger partial charge in [-0.05, 0) is 43.4 Å². The summed E-state index contributed by atoms with van der Waals surface area (Å²) >= 11 is 0. The third-order valence-corrected chi connectivity index (χ3v) is 5.83. The summed E-state index contributed by atoms with van der Waals surface area (Å²) in [6, 6.07) is 0. The molecular weight excluding hydrogens is 306 g/mol. The van der Waals surface area contributed by atoms with Gasteiger partial charge in [0, 0.05) is 32.2 Å². The highest BCUT2D eigenvalue weighted by molar-refractivity contribution is 7.90. The number of carbonyl (C=O) groups excluding carboxylic acids is 1. The number of carboxylic acids is 1. The van der Waals surface area contributed by atoms with Gasteiger partial charge < -0.3 is 10.0 Å². The minimum Gasteiger partial charge on any atom is -0.481 e. The molecule has 0 aromatic heterocycles. The fraction of sp³-hybridized carbons (Fsp3) is 0.867. The normalized spacial score (nSPS) is 24.0. The lowest BCUT2D eigenvalue weighted by atomic mass is 9.92. The lowest BCUT2D eigenvalue weighted by molar-refractivity contribution is -0.137. The van der Waals surface area contributed by atoms with E-state index < -0.39 is 15.8 Å². The van der Waals surface area contributed by atoms with Gasteiger partial charge in [0.15, 0.2) is 0 Å². The molecule has 2 rings (SSSR count). The first-order chi connectivity index (χ1) is 10.2. The number of nitrogens with zero attached hydrogens (tertiary/aromatic N) is 1. The third kappa shape index (κ3) is 5.26. The van der Waals surface area contributed by atoms with E-state index in [9.17, 15) is 18.0 Å². The second-order valence-corrected chi connectivity index (χ2v) is 9.17. The first kappa shape index (κ1) is 17.2. The van der Waals surface area contributed by atoms with Gasteiger partial charge in [0.2, 0.25) is 5.91 Å². The van der Waals surface area contributed by atoms with Gasteiger partial charge in [-0.1, -0.05) is 0 Å². The number of amides is 1. The van der Waals surface area contributed by atoms with Gasteiger partial charge in [-0.15, -0.1) is 0 Å². The summed E-state index contributed by atoms with van der Waals surface area (Å²) in [6.45, 7) is 1.32. The van der Waals surface area contributed by atoms with Gasteiger partial charge in [-0.25, -0.2) is 8.42 Å². The molecule has 1 saturated heterocycles. The molecule has 2 aliphatic rings. The number of carbonyl (C=O) groups is 2. The Bertz CT molecular complexity index is 538. The highest BCUT2D eigenvalue weighted by Gasteiger charge is 2.47. The Labute approximate surface area is 131 Å².